The fourth-order valence-electron chi connectivity index (χ4n) is 2.45. The van der Waals surface area contributed by atoms with Crippen LogP contribution in [-0.2, 0) is 18.4 Å². The Kier molecular flexibility index (Phi) is 3.68. The Morgan fingerprint density at radius 2 is 2.04 bits per heavy atom. The molecule has 0 fully saturated rings. The number of H-pyrrole nitrogens is 1. The van der Waals surface area contributed by atoms with Crippen molar-refractivity contribution in [1.29, 1.82) is 0 Å². The maximum Gasteiger partial charge on any atom is 0.329 e. The lowest BCUT2D eigenvalue weighted by Gasteiger charge is -2.10. The topological polar surface area (TPSA) is 122 Å². The second-order valence-electron chi connectivity index (χ2n) is 5.35. The molecule has 0 aliphatic heterocycles. The number of nitrogens with zero attached hydrogens (tertiary/aromatic N) is 3. The molecule has 0 saturated heterocycles. The van der Waals surface area contributed by atoms with E-state index in [1.54, 1.807) is 0 Å². The Morgan fingerprint density at radius 3 is 2.71 bits per heavy atom. The van der Waals surface area contributed by atoms with Crippen molar-refractivity contribution in [3.8, 4) is 0 Å². The lowest BCUT2D eigenvalue weighted by molar-refractivity contribution is -0.137. The molecular weight excluding hydrogens is 314 g/mol. The molecule has 0 bridgehead atoms. The molecule has 3 aromatic rings. The van der Waals surface area contributed by atoms with Crippen molar-refractivity contribution in [3.63, 3.8) is 0 Å². The van der Waals surface area contributed by atoms with Gasteiger partial charge in [0, 0.05) is 12.7 Å². The first-order chi connectivity index (χ1) is 11.4. The fourth-order valence-corrected chi connectivity index (χ4v) is 2.45. The van der Waals surface area contributed by atoms with Crippen LogP contribution in [0.15, 0.2) is 33.9 Å². The summed E-state index contributed by atoms with van der Waals surface area (Å²) in [6.45, 7) is 1.42. The number of aryl methyl sites for hydroxylation is 2. The molecule has 9 nitrogen and oxygen atoms in total. The number of carboxylic acids is 1. The predicted molar refractivity (Wildman–Crippen MR) is 87.7 cm³/mol. The van der Waals surface area contributed by atoms with Crippen LogP contribution < -0.4 is 16.6 Å². The Morgan fingerprint density at radius 1 is 1.33 bits per heavy atom. The highest BCUT2D eigenvalue weighted by atomic mass is 16.4. The number of rotatable bonds is 4. The van der Waals surface area contributed by atoms with E-state index in [1.165, 1.54) is 11.6 Å². The van der Waals surface area contributed by atoms with Crippen molar-refractivity contribution >= 4 is 28.8 Å². The van der Waals surface area contributed by atoms with Gasteiger partial charge in [-0.2, -0.15) is 4.98 Å². The van der Waals surface area contributed by atoms with Crippen LogP contribution in [0.2, 0.25) is 0 Å². The van der Waals surface area contributed by atoms with Crippen molar-refractivity contribution in [3.05, 3.63) is 50.7 Å². The lowest BCUT2D eigenvalue weighted by Crippen LogP contribution is -2.29. The summed E-state index contributed by atoms with van der Waals surface area (Å²) in [5.41, 5.74) is 0.487. The number of anilines is 2. The number of fused-ring (bicyclic) bond motifs is 1. The van der Waals surface area contributed by atoms with E-state index in [9.17, 15) is 14.4 Å². The maximum atomic E-state index is 12.1. The quantitative estimate of drug-likeness (QED) is 0.643. The van der Waals surface area contributed by atoms with E-state index in [0.717, 1.165) is 15.8 Å². The Hall–Kier alpha value is -3.36. The summed E-state index contributed by atoms with van der Waals surface area (Å²) in [6, 6.07) is 7.38. The lowest BCUT2D eigenvalue weighted by atomic mass is 10.2. The van der Waals surface area contributed by atoms with E-state index in [-0.39, 0.29) is 17.1 Å². The molecule has 9 heteroatoms. The number of hydrogen-bond donors (Lipinski definition) is 3. The second-order valence-corrected chi connectivity index (χ2v) is 5.35. The number of aromatic nitrogens is 4. The molecule has 24 heavy (non-hydrogen) atoms. The van der Waals surface area contributed by atoms with Crippen LogP contribution in [0.5, 0.6) is 0 Å². The molecule has 0 spiro atoms. The van der Waals surface area contributed by atoms with Crippen LogP contribution in [0.1, 0.15) is 5.56 Å². The van der Waals surface area contributed by atoms with Gasteiger partial charge in [-0.15, -0.1) is 0 Å². The monoisotopic (exact) mass is 329 g/mol. The number of aliphatic carboxylic acids is 1. The minimum atomic E-state index is -1.13. The normalized spacial score (nSPS) is 10.9. The third kappa shape index (κ3) is 2.56. The van der Waals surface area contributed by atoms with Crippen molar-refractivity contribution in [2.24, 2.45) is 7.05 Å². The smallest absolute Gasteiger partial charge is 0.329 e. The average Bonchev–Trinajstić information content (AvgIpc) is 2.86. The van der Waals surface area contributed by atoms with Gasteiger partial charge in [-0.1, -0.05) is 18.2 Å². The van der Waals surface area contributed by atoms with Crippen molar-refractivity contribution in [1.82, 2.24) is 19.1 Å². The first kappa shape index (κ1) is 15.5. The predicted octanol–water partition coefficient (Wildman–Crippen LogP) is 0.560. The minimum Gasteiger partial charge on any atom is -0.480 e. The van der Waals surface area contributed by atoms with Gasteiger partial charge in [0.25, 0.3) is 5.56 Å². The zero-order valence-electron chi connectivity index (χ0n) is 13.0. The molecule has 2 aromatic heterocycles. The average molecular weight is 329 g/mol. The standard InChI is InChI=1S/C15H15N5O4/c1-8-5-3-4-6-9(8)16-14-17-12-11(20(14)7-10(21)22)13(23)18-15(24)19(12)2/h3-6H,7H2,1-2H3,(H,16,17)(H,21,22)(H,18,23,24). The summed E-state index contributed by atoms with van der Waals surface area (Å²) in [4.78, 5) is 41.5. The third-order valence-corrected chi connectivity index (χ3v) is 3.69. The molecule has 0 aliphatic rings. The molecular formula is C15H15N5O4. The summed E-state index contributed by atoms with van der Waals surface area (Å²) < 4.78 is 2.40. The van der Waals surface area contributed by atoms with Gasteiger partial charge in [0.05, 0.1) is 0 Å². The largest absolute Gasteiger partial charge is 0.480 e. The van der Waals surface area contributed by atoms with Gasteiger partial charge in [-0.05, 0) is 18.6 Å². The van der Waals surface area contributed by atoms with Crippen molar-refractivity contribution < 1.29 is 9.90 Å². The van der Waals surface area contributed by atoms with Gasteiger partial charge in [0.15, 0.2) is 11.2 Å². The van der Waals surface area contributed by atoms with Crippen LogP contribution >= 0.6 is 0 Å². The Labute approximate surface area is 135 Å². The first-order valence-electron chi connectivity index (χ1n) is 7.12. The summed E-state index contributed by atoms with van der Waals surface area (Å²) in [6.07, 6.45) is 0. The molecule has 0 amide bonds. The molecule has 0 atom stereocenters. The van der Waals surface area contributed by atoms with Crippen LogP contribution in [0.3, 0.4) is 0 Å². The number of benzene rings is 1. The number of para-hydroxylation sites is 1. The van der Waals surface area contributed by atoms with Gasteiger partial charge in [-0.25, -0.2) is 4.79 Å². The number of carbonyl (C=O) groups is 1. The van der Waals surface area contributed by atoms with Gasteiger partial charge in [-0.3, -0.25) is 23.7 Å². The fraction of sp³-hybridized carbons (Fsp3) is 0.200. The molecule has 0 radical (unpaired) electrons. The maximum absolute atomic E-state index is 12.1. The molecule has 0 aliphatic carbocycles. The van der Waals surface area contributed by atoms with E-state index in [4.69, 9.17) is 5.11 Å². The molecule has 124 valence electrons. The number of aromatic amines is 1. The van der Waals surface area contributed by atoms with Crippen LogP contribution in [0.4, 0.5) is 11.6 Å². The summed E-state index contributed by atoms with van der Waals surface area (Å²) in [5, 5.41) is 12.2. The molecule has 3 N–H and O–H groups in total. The molecule has 3 rings (SSSR count). The van der Waals surface area contributed by atoms with Gasteiger partial charge in [0.2, 0.25) is 5.95 Å². The van der Waals surface area contributed by atoms with E-state index >= 15 is 0 Å². The summed E-state index contributed by atoms with van der Waals surface area (Å²) in [5.74, 6) is -0.955. The Balaban J connectivity index is 2.27. The van der Waals surface area contributed by atoms with E-state index in [2.05, 4.69) is 15.3 Å². The van der Waals surface area contributed by atoms with Gasteiger partial charge >= 0.3 is 11.7 Å². The van der Waals surface area contributed by atoms with Crippen molar-refractivity contribution in [2.75, 3.05) is 5.32 Å². The second kappa shape index (κ2) is 5.69. The SMILES string of the molecule is Cc1ccccc1Nc1nc2c(c(=O)[nH]c(=O)n2C)n1CC(=O)O. The Bertz CT molecular complexity index is 1060. The van der Waals surface area contributed by atoms with Crippen molar-refractivity contribution in [2.45, 2.75) is 13.5 Å². The highest BCUT2D eigenvalue weighted by Gasteiger charge is 2.19. The minimum absolute atomic E-state index is 0.0237. The number of imidazole rings is 1. The summed E-state index contributed by atoms with van der Waals surface area (Å²) >= 11 is 0. The number of carboxylic acid groups (broad SMARTS) is 1. The number of hydrogen-bond acceptors (Lipinski definition) is 5. The zero-order valence-corrected chi connectivity index (χ0v) is 13.0. The molecule has 0 unspecified atom stereocenters. The third-order valence-electron chi connectivity index (χ3n) is 3.69. The van der Waals surface area contributed by atoms with E-state index in [1.807, 2.05) is 31.2 Å². The highest BCUT2D eigenvalue weighted by molar-refractivity contribution is 5.79. The van der Waals surface area contributed by atoms with Crippen LogP contribution in [0.25, 0.3) is 11.2 Å². The zero-order chi connectivity index (χ0) is 17.4. The molecule has 0 saturated carbocycles. The molecule has 1 aromatic carbocycles. The molecule has 2 heterocycles. The summed E-state index contributed by atoms with van der Waals surface area (Å²) in [7, 11) is 1.45. The van der Waals surface area contributed by atoms with Crippen LogP contribution in [-0.4, -0.2) is 30.2 Å². The van der Waals surface area contributed by atoms with E-state index < -0.39 is 23.8 Å². The van der Waals surface area contributed by atoms with Gasteiger partial charge in [0.1, 0.15) is 6.54 Å². The van der Waals surface area contributed by atoms with Crippen LogP contribution in [0, 0.1) is 6.92 Å². The first-order valence-corrected chi connectivity index (χ1v) is 7.12. The highest BCUT2D eigenvalue weighted by Crippen LogP contribution is 2.22. The number of nitrogens with one attached hydrogen (secondary N) is 2. The van der Waals surface area contributed by atoms with Gasteiger partial charge < -0.3 is 10.4 Å². The van der Waals surface area contributed by atoms with E-state index in [0.29, 0.717) is 0 Å².